The first kappa shape index (κ1) is 44.7. The highest BCUT2D eigenvalue weighted by molar-refractivity contribution is 6.28. The van der Waals surface area contributed by atoms with Crippen LogP contribution in [0, 0.1) is 0 Å². The molecule has 1 aliphatic heterocycles. The molecule has 7 nitrogen and oxygen atoms in total. The normalized spacial score (nSPS) is 13.4. The lowest BCUT2D eigenvalue weighted by Gasteiger charge is -2.40. The van der Waals surface area contributed by atoms with Gasteiger partial charge in [0.2, 0.25) is 11.2 Å². The highest BCUT2D eigenvalue weighted by Gasteiger charge is 2.38. The Balaban J connectivity index is 0.000000133. The van der Waals surface area contributed by atoms with Gasteiger partial charge in [0.05, 0.1) is 11.4 Å². The van der Waals surface area contributed by atoms with Crippen molar-refractivity contribution in [3.63, 3.8) is 0 Å². The average Bonchev–Trinajstić information content (AvgIpc) is 3.40. The van der Waals surface area contributed by atoms with E-state index < -0.39 is 0 Å². The number of hydrogen-bond acceptors (Lipinski definition) is 7. The third-order valence-corrected chi connectivity index (χ3v) is 13.1. The van der Waals surface area contributed by atoms with Crippen LogP contribution in [0.25, 0.3) is 45.6 Å². The van der Waals surface area contributed by atoms with Gasteiger partial charge in [-0.05, 0) is 63.5 Å². The van der Waals surface area contributed by atoms with E-state index in [9.17, 15) is 0 Å². The number of anilines is 3. The lowest BCUT2D eigenvalue weighted by atomic mass is 9.69. The second-order valence-corrected chi connectivity index (χ2v) is 18.4. The summed E-state index contributed by atoms with van der Waals surface area (Å²) in [5.41, 5.74) is 14.4. The quantitative estimate of drug-likeness (QED) is 0.170. The van der Waals surface area contributed by atoms with Crippen LogP contribution >= 0.6 is 11.6 Å². The molecule has 0 saturated carbocycles. The molecule has 12 rings (SSSR count). The van der Waals surface area contributed by atoms with Crippen LogP contribution in [-0.4, -0.2) is 29.9 Å². The van der Waals surface area contributed by atoms with Gasteiger partial charge >= 0.3 is 0 Å². The van der Waals surface area contributed by atoms with Crippen molar-refractivity contribution < 1.29 is 0 Å². The first-order chi connectivity index (χ1) is 33.6. The van der Waals surface area contributed by atoms with Gasteiger partial charge in [-0.3, -0.25) is 4.90 Å². The summed E-state index contributed by atoms with van der Waals surface area (Å²) >= 11 is 5.99. The Labute approximate surface area is 409 Å². The van der Waals surface area contributed by atoms with E-state index in [1.165, 1.54) is 33.4 Å². The van der Waals surface area contributed by atoms with Gasteiger partial charge in [0.1, 0.15) is 0 Å². The molecule has 8 aromatic carbocycles. The molecular formula is C61H50ClN7. The molecule has 69 heavy (non-hydrogen) atoms. The van der Waals surface area contributed by atoms with E-state index >= 15 is 0 Å². The van der Waals surface area contributed by atoms with Crippen LogP contribution in [0.1, 0.15) is 61.1 Å². The van der Waals surface area contributed by atoms with Crippen molar-refractivity contribution >= 4 is 28.9 Å². The molecule has 0 atom stereocenters. The monoisotopic (exact) mass is 915 g/mol. The smallest absolute Gasteiger partial charge is 0.238 e. The minimum Gasteiger partial charge on any atom is -0.278 e. The molecule has 336 valence electrons. The van der Waals surface area contributed by atoms with Gasteiger partial charge in [-0.1, -0.05) is 234 Å². The molecule has 0 unspecified atom stereocenters. The maximum atomic E-state index is 5.99. The van der Waals surface area contributed by atoms with Crippen molar-refractivity contribution in [2.24, 2.45) is 0 Å². The van der Waals surface area contributed by atoms with Crippen LogP contribution in [-0.2, 0) is 17.3 Å². The SMILES string of the molecule is CC1(C)c2ccccc2Cc2ccccc21.CC1(C)c2ccccc2N(c2nc(-c3ccccc3)nc(-c3ccccc3)n2)c2ccccc21.Clc1nc(-c2ccccc2)nc(-c2ccccc2)n1. The average molecular weight is 917 g/mol. The molecule has 10 aromatic rings. The van der Waals surface area contributed by atoms with E-state index in [1.807, 2.05) is 121 Å². The Morgan fingerprint density at radius 3 is 1.00 bits per heavy atom. The summed E-state index contributed by atoms with van der Waals surface area (Å²) in [6.07, 6.45) is 1.08. The van der Waals surface area contributed by atoms with E-state index in [-0.39, 0.29) is 16.1 Å². The number of halogens is 1. The lowest BCUT2D eigenvalue weighted by molar-refractivity contribution is 0.610. The van der Waals surface area contributed by atoms with Gasteiger partial charge in [0.15, 0.2) is 23.3 Å². The summed E-state index contributed by atoms with van der Waals surface area (Å²) in [6.45, 7) is 9.20. The molecular weight excluding hydrogens is 866 g/mol. The zero-order valence-corrected chi connectivity index (χ0v) is 39.8. The zero-order chi connectivity index (χ0) is 47.4. The Morgan fingerprint density at radius 2 is 0.623 bits per heavy atom. The van der Waals surface area contributed by atoms with Crippen molar-refractivity contribution in [3.8, 4) is 45.6 Å². The van der Waals surface area contributed by atoms with Crippen molar-refractivity contribution in [2.75, 3.05) is 4.90 Å². The summed E-state index contributed by atoms with van der Waals surface area (Å²) in [5, 5.41) is 0.202. The highest BCUT2D eigenvalue weighted by atomic mass is 35.5. The topological polar surface area (TPSA) is 80.6 Å². The number of para-hydroxylation sites is 2. The first-order valence-electron chi connectivity index (χ1n) is 23.2. The summed E-state index contributed by atoms with van der Waals surface area (Å²) < 4.78 is 0. The number of rotatable bonds is 5. The van der Waals surface area contributed by atoms with Crippen molar-refractivity contribution in [1.82, 2.24) is 29.9 Å². The third kappa shape index (κ3) is 9.17. The molecule has 0 saturated heterocycles. The summed E-state index contributed by atoms with van der Waals surface area (Å²) in [4.78, 5) is 29.9. The summed E-state index contributed by atoms with van der Waals surface area (Å²) in [5.74, 6) is 3.09. The van der Waals surface area contributed by atoms with E-state index in [2.05, 4.69) is 145 Å². The number of aromatic nitrogens is 6. The van der Waals surface area contributed by atoms with E-state index in [4.69, 9.17) is 26.6 Å². The van der Waals surface area contributed by atoms with Crippen molar-refractivity contribution in [1.29, 1.82) is 0 Å². The van der Waals surface area contributed by atoms with Crippen LogP contribution in [0.2, 0.25) is 5.28 Å². The van der Waals surface area contributed by atoms with Gasteiger partial charge in [0, 0.05) is 33.1 Å². The molecule has 1 aliphatic carbocycles. The predicted molar refractivity (Wildman–Crippen MR) is 281 cm³/mol. The Hall–Kier alpha value is -8.13. The Kier molecular flexibility index (Phi) is 12.5. The molecule has 0 fully saturated rings. The summed E-state index contributed by atoms with van der Waals surface area (Å²) in [7, 11) is 0. The molecule has 0 radical (unpaired) electrons. The van der Waals surface area contributed by atoms with Crippen LogP contribution < -0.4 is 4.90 Å². The first-order valence-corrected chi connectivity index (χ1v) is 23.6. The van der Waals surface area contributed by atoms with Gasteiger partial charge < -0.3 is 0 Å². The molecule has 3 heterocycles. The number of nitrogens with zero attached hydrogens (tertiary/aromatic N) is 7. The lowest BCUT2D eigenvalue weighted by Crippen LogP contribution is -2.31. The second kappa shape index (κ2) is 19.2. The standard InChI is InChI=1S/C30H24N4.C16H16.C15H10ClN3/c1-30(2)23-17-9-11-19-25(23)34(26-20-12-10-18-24(26)30)29-32-27(21-13-5-3-6-14-21)31-28(33-29)22-15-7-4-8-16-22;1-16(2)14-9-5-3-7-12(14)11-13-8-4-6-10-15(13)16;16-15-18-13(11-7-3-1-4-8-11)17-14(19-15)12-9-5-2-6-10-12/h3-20H,1-2H3;3-10H,11H2,1-2H3;1-10H. The number of hydrogen-bond donors (Lipinski definition) is 0. The van der Waals surface area contributed by atoms with Gasteiger partial charge in [-0.25, -0.2) is 9.97 Å². The fourth-order valence-electron chi connectivity index (χ4n) is 9.48. The van der Waals surface area contributed by atoms with E-state index in [1.54, 1.807) is 0 Å². The predicted octanol–water partition coefficient (Wildman–Crippen LogP) is 15.1. The van der Waals surface area contributed by atoms with Crippen LogP contribution in [0.5, 0.6) is 0 Å². The Bertz CT molecular complexity index is 3170. The van der Waals surface area contributed by atoms with Crippen LogP contribution in [0.3, 0.4) is 0 Å². The second-order valence-electron chi connectivity index (χ2n) is 18.1. The van der Waals surface area contributed by atoms with Crippen LogP contribution in [0.4, 0.5) is 17.3 Å². The van der Waals surface area contributed by atoms with Crippen molar-refractivity contribution in [2.45, 2.75) is 44.9 Å². The minimum absolute atomic E-state index is 0.138. The molecule has 0 spiro atoms. The van der Waals surface area contributed by atoms with Crippen LogP contribution in [0.15, 0.2) is 218 Å². The molecule has 0 N–H and O–H groups in total. The van der Waals surface area contributed by atoms with Crippen molar-refractivity contribution in [3.05, 3.63) is 257 Å². The third-order valence-electron chi connectivity index (χ3n) is 13.0. The fraction of sp³-hybridized carbons (Fsp3) is 0.115. The Morgan fingerprint density at radius 1 is 0.333 bits per heavy atom. The number of fused-ring (bicyclic) bond motifs is 4. The van der Waals surface area contributed by atoms with E-state index in [0.29, 0.717) is 29.2 Å². The maximum Gasteiger partial charge on any atom is 0.238 e. The highest BCUT2D eigenvalue weighted by Crippen LogP contribution is 2.51. The molecule has 8 heteroatoms. The summed E-state index contributed by atoms with van der Waals surface area (Å²) in [6, 6.07) is 74.3. The fourth-order valence-corrected chi connectivity index (χ4v) is 9.64. The van der Waals surface area contributed by atoms with Gasteiger partial charge in [-0.2, -0.15) is 19.9 Å². The van der Waals surface area contributed by atoms with Gasteiger partial charge in [-0.15, -0.1) is 0 Å². The molecule has 0 amide bonds. The zero-order valence-electron chi connectivity index (χ0n) is 39.0. The minimum atomic E-state index is -0.138. The maximum absolute atomic E-state index is 5.99. The number of benzene rings is 8. The van der Waals surface area contributed by atoms with E-state index in [0.717, 1.165) is 40.0 Å². The molecule has 0 bridgehead atoms. The molecule has 2 aromatic heterocycles. The largest absolute Gasteiger partial charge is 0.278 e. The van der Waals surface area contributed by atoms with Gasteiger partial charge in [0.25, 0.3) is 0 Å². The molecule has 2 aliphatic rings.